The van der Waals surface area contributed by atoms with Crippen molar-refractivity contribution in [2.75, 3.05) is 32.2 Å². The maximum absolute atomic E-state index is 12.9. The van der Waals surface area contributed by atoms with Crippen LogP contribution in [0.25, 0.3) is 0 Å². The van der Waals surface area contributed by atoms with Gasteiger partial charge in [0.2, 0.25) is 0 Å². The molecule has 1 N–H and O–H groups in total. The van der Waals surface area contributed by atoms with E-state index in [1.165, 1.54) is 12.1 Å². The number of hydrogen-bond donors (Lipinski definition) is 1. The summed E-state index contributed by atoms with van der Waals surface area (Å²) in [5.74, 6) is 0.835. The summed E-state index contributed by atoms with van der Waals surface area (Å²) in [5, 5.41) is 14.1. The van der Waals surface area contributed by atoms with Gasteiger partial charge in [0, 0.05) is 31.8 Å². The van der Waals surface area contributed by atoms with Crippen molar-refractivity contribution in [3.8, 4) is 11.5 Å². The van der Waals surface area contributed by atoms with Crippen molar-refractivity contribution in [2.24, 2.45) is 0 Å². The van der Waals surface area contributed by atoms with Crippen molar-refractivity contribution in [1.29, 1.82) is 0 Å². The molecule has 1 saturated heterocycles. The Kier molecular flexibility index (Phi) is 6.54. The number of nitrogens with zero attached hydrogens (tertiary/aromatic N) is 2. The summed E-state index contributed by atoms with van der Waals surface area (Å²) in [6, 6.07) is 9.88. The fourth-order valence-electron chi connectivity index (χ4n) is 3.50. The van der Waals surface area contributed by atoms with Gasteiger partial charge in [0.1, 0.15) is 0 Å². The molecular formula is C21H25N3O5. The Balaban J connectivity index is 1.81. The minimum atomic E-state index is -0.481. The first-order valence-corrected chi connectivity index (χ1v) is 9.56. The Morgan fingerprint density at radius 3 is 2.45 bits per heavy atom. The van der Waals surface area contributed by atoms with E-state index in [2.05, 4.69) is 10.2 Å². The molecule has 1 aliphatic rings. The summed E-state index contributed by atoms with van der Waals surface area (Å²) in [5.41, 5.74) is 1.80. The third kappa shape index (κ3) is 4.77. The van der Waals surface area contributed by atoms with Crippen molar-refractivity contribution in [3.63, 3.8) is 0 Å². The number of methoxy groups -OCH3 is 2. The van der Waals surface area contributed by atoms with E-state index in [1.54, 1.807) is 32.4 Å². The van der Waals surface area contributed by atoms with Crippen LogP contribution in [0.1, 0.15) is 35.2 Å². The number of ether oxygens (including phenoxy) is 2. The van der Waals surface area contributed by atoms with Crippen molar-refractivity contribution in [2.45, 2.75) is 25.8 Å². The highest BCUT2D eigenvalue weighted by Gasteiger charge is 2.22. The molecule has 0 aliphatic carbocycles. The second kappa shape index (κ2) is 9.27. The molecule has 1 aliphatic heterocycles. The van der Waals surface area contributed by atoms with Gasteiger partial charge in [-0.1, -0.05) is 6.07 Å². The number of nitro groups is 1. The van der Waals surface area contributed by atoms with E-state index in [0.29, 0.717) is 17.1 Å². The molecule has 8 heteroatoms. The molecule has 2 aromatic carbocycles. The minimum absolute atomic E-state index is 0.0953. The van der Waals surface area contributed by atoms with E-state index in [1.807, 2.05) is 6.07 Å². The molecule has 0 saturated carbocycles. The molecule has 29 heavy (non-hydrogen) atoms. The molecule has 1 heterocycles. The Morgan fingerprint density at radius 1 is 1.07 bits per heavy atom. The largest absolute Gasteiger partial charge is 0.493 e. The number of nitro benzene ring substituents is 1. The number of carbonyl (C=O) groups excluding carboxylic acids is 1. The molecule has 0 spiro atoms. The molecule has 1 fully saturated rings. The Bertz CT molecular complexity index is 894. The highest BCUT2D eigenvalue weighted by Crippen LogP contribution is 2.29. The SMILES string of the molecule is COc1ccc(CNC(=O)c2cc([N+](=O)[O-])ccc2N2CCCCC2)cc1OC. The Labute approximate surface area is 169 Å². The van der Waals surface area contributed by atoms with Crippen LogP contribution in [0.5, 0.6) is 11.5 Å². The van der Waals surface area contributed by atoms with Gasteiger partial charge >= 0.3 is 0 Å². The molecular weight excluding hydrogens is 374 g/mol. The van der Waals surface area contributed by atoms with Gasteiger partial charge < -0.3 is 19.7 Å². The summed E-state index contributed by atoms with van der Waals surface area (Å²) in [6.07, 6.45) is 3.25. The lowest BCUT2D eigenvalue weighted by Crippen LogP contribution is -2.32. The van der Waals surface area contributed by atoms with Crippen LogP contribution in [0.4, 0.5) is 11.4 Å². The van der Waals surface area contributed by atoms with Crippen LogP contribution in [-0.2, 0) is 6.54 Å². The zero-order valence-electron chi connectivity index (χ0n) is 16.6. The van der Waals surface area contributed by atoms with Crippen molar-refractivity contribution in [1.82, 2.24) is 5.32 Å². The third-order valence-corrected chi connectivity index (χ3v) is 5.03. The molecule has 154 valence electrons. The van der Waals surface area contributed by atoms with Gasteiger partial charge in [0.15, 0.2) is 11.5 Å². The second-order valence-electron chi connectivity index (χ2n) is 6.88. The molecule has 8 nitrogen and oxygen atoms in total. The number of carbonyl (C=O) groups is 1. The monoisotopic (exact) mass is 399 g/mol. The first-order chi connectivity index (χ1) is 14.0. The van der Waals surface area contributed by atoms with Crippen LogP contribution < -0.4 is 19.7 Å². The summed E-state index contributed by atoms with van der Waals surface area (Å²) >= 11 is 0. The number of anilines is 1. The van der Waals surface area contributed by atoms with Crippen LogP contribution in [0.2, 0.25) is 0 Å². The van der Waals surface area contributed by atoms with E-state index < -0.39 is 4.92 Å². The maximum atomic E-state index is 12.9. The predicted molar refractivity (Wildman–Crippen MR) is 110 cm³/mol. The van der Waals surface area contributed by atoms with Gasteiger partial charge in [-0.15, -0.1) is 0 Å². The van der Waals surface area contributed by atoms with Crippen LogP contribution >= 0.6 is 0 Å². The number of benzene rings is 2. The van der Waals surface area contributed by atoms with Crippen LogP contribution in [0, 0.1) is 10.1 Å². The lowest BCUT2D eigenvalue weighted by Gasteiger charge is -2.30. The van der Waals surface area contributed by atoms with Gasteiger partial charge in [0.25, 0.3) is 11.6 Å². The van der Waals surface area contributed by atoms with E-state index >= 15 is 0 Å². The van der Waals surface area contributed by atoms with E-state index in [-0.39, 0.29) is 18.1 Å². The lowest BCUT2D eigenvalue weighted by atomic mass is 10.1. The zero-order chi connectivity index (χ0) is 20.8. The topological polar surface area (TPSA) is 93.9 Å². The minimum Gasteiger partial charge on any atom is -0.493 e. The molecule has 0 aromatic heterocycles. The molecule has 0 bridgehead atoms. The first kappa shape index (κ1) is 20.4. The van der Waals surface area contributed by atoms with E-state index in [9.17, 15) is 14.9 Å². The zero-order valence-corrected chi connectivity index (χ0v) is 16.6. The van der Waals surface area contributed by atoms with E-state index in [0.717, 1.165) is 43.6 Å². The van der Waals surface area contributed by atoms with Crippen LogP contribution in [0.15, 0.2) is 36.4 Å². The Hall–Kier alpha value is -3.29. The van der Waals surface area contributed by atoms with Crippen molar-refractivity contribution in [3.05, 3.63) is 57.6 Å². The molecule has 2 aromatic rings. The third-order valence-electron chi connectivity index (χ3n) is 5.03. The van der Waals surface area contributed by atoms with Crippen LogP contribution in [-0.4, -0.2) is 38.1 Å². The van der Waals surface area contributed by atoms with E-state index in [4.69, 9.17) is 9.47 Å². The standard InChI is InChI=1S/C21H25N3O5/c1-28-19-9-6-15(12-20(19)29-2)14-22-21(25)17-13-16(24(26)27)7-8-18(17)23-10-4-3-5-11-23/h6-9,12-13H,3-5,10-11,14H2,1-2H3,(H,22,25). The van der Waals surface area contributed by atoms with Gasteiger partial charge in [0.05, 0.1) is 30.4 Å². The number of rotatable bonds is 7. The molecule has 1 amide bonds. The molecule has 3 rings (SSSR count). The molecule has 0 atom stereocenters. The number of non-ortho nitro benzene ring substituents is 1. The van der Waals surface area contributed by atoms with Crippen LogP contribution in [0.3, 0.4) is 0 Å². The summed E-state index contributed by atoms with van der Waals surface area (Å²) in [7, 11) is 3.11. The molecule has 0 radical (unpaired) electrons. The number of piperidine rings is 1. The summed E-state index contributed by atoms with van der Waals surface area (Å²) < 4.78 is 10.5. The maximum Gasteiger partial charge on any atom is 0.270 e. The highest BCUT2D eigenvalue weighted by atomic mass is 16.6. The smallest absolute Gasteiger partial charge is 0.270 e. The predicted octanol–water partition coefficient (Wildman–Crippen LogP) is 3.53. The van der Waals surface area contributed by atoms with Crippen molar-refractivity contribution < 1.29 is 19.2 Å². The number of amides is 1. The number of hydrogen-bond acceptors (Lipinski definition) is 6. The van der Waals surface area contributed by atoms with Gasteiger partial charge in [-0.25, -0.2) is 0 Å². The average Bonchev–Trinajstić information content (AvgIpc) is 2.77. The fraction of sp³-hybridized carbons (Fsp3) is 0.381. The Morgan fingerprint density at radius 2 is 1.79 bits per heavy atom. The first-order valence-electron chi connectivity index (χ1n) is 9.56. The fourth-order valence-corrected chi connectivity index (χ4v) is 3.50. The highest BCUT2D eigenvalue weighted by molar-refractivity contribution is 6.00. The lowest BCUT2D eigenvalue weighted by molar-refractivity contribution is -0.384. The average molecular weight is 399 g/mol. The number of nitrogens with one attached hydrogen (secondary N) is 1. The normalized spacial score (nSPS) is 13.7. The van der Waals surface area contributed by atoms with Gasteiger partial charge in [-0.05, 0) is 43.0 Å². The second-order valence-corrected chi connectivity index (χ2v) is 6.88. The van der Waals surface area contributed by atoms with Gasteiger partial charge in [-0.3, -0.25) is 14.9 Å². The molecule has 0 unspecified atom stereocenters. The van der Waals surface area contributed by atoms with Crippen molar-refractivity contribution >= 4 is 17.3 Å². The quantitative estimate of drug-likeness (QED) is 0.565. The summed E-state index contributed by atoms with van der Waals surface area (Å²) in [4.78, 5) is 25.8. The van der Waals surface area contributed by atoms with Gasteiger partial charge in [-0.2, -0.15) is 0 Å². The summed E-state index contributed by atoms with van der Waals surface area (Å²) in [6.45, 7) is 1.95.